The summed E-state index contributed by atoms with van der Waals surface area (Å²) in [6, 6.07) is 1.91. The highest BCUT2D eigenvalue weighted by molar-refractivity contribution is 5.60. The van der Waals surface area contributed by atoms with Gasteiger partial charge in [-0.05, 0) is 6.92 Å². The summed E-state index contributed by atoms with van der Waals surface area (Å²) < 4.78 is 9.34. The number of hydrogen-bond acceptors (Lipinski definition) is 4. The molecule has 13 heavy (non-hydrogen) atoms. The van der Waals surface area contributed by atoms with Crippen molar-refractivity contribution in [3.8, 4) is 6.07 Å². The number of nitrogens with zero attached hydrogens (tertiary/aromatic N) is 1. The molecule has 0 N–H and O–H groups in total. The minimum atomic E-state index is -0.788. The molecule has 4 heteroatoms. The number of ether oxygens (including phenoxy) is 2. The maximum absolute atomic E-state index is 10.9. The molecule has 0 unspecified atom stereocenters. The quantitative estimate of drug-likeness (QED) is 0.618. The third-order valence-electron chi connectivity index (χ3n) is 1.38. The Morgan fingerprint density at radius 3 is 2.38 bits per heavy atom. The second-order valence-electron chi connectivity index (χ2n) is 3.68. The van der Waals surface area contributed by atoms with E-state index in [2.05, 4.69) is 4.74 Å². The van der Waals surface area contributed by atoms with Gasteiger partial charge in [-0.15, -0.1) is 0 Å². The molecule has 0 radical (unpaired) electrons. The fourth-order valence-corrected chi connectivity index (χ4v) is 0.645. The number of hydrogen-bond donors (Lipinski definition) is 0. The average molecular weight is 185 g/mol. The van der Waals surface area contributed by atoms with E-state index < -0.39 is 12.3 Å². The van der Waals surface area contributed by atoms with Crippen LogP contribution in [0.5, 0.6) is 0 Å². The zero-order chi connectivity index (χ0) is 10.5. The Balaban J connectivity index is 4.17. The van der Waals surface area contributed by atoms with Crippen LogP contribution < -0.4 is 0 Å². The van der Waals surface area contributed by atoms with Gasteiger partial charge in [0.1, 0.15) is 6.07 Å². The maximum atomic E-state index is 10.9. The predicted molar refractivity (Wildman–Crippen MR) is 47.0 cm³/mol. The van der Waals surface area contributed by atoms with Crippen LogP contribution in [0.2, 0.25) is 0 Å². The Kier molecular flexibility index (Phi) is 4.26. The van der Waals surface area contributed by atoms with E-state index >= 15 is 0 Å². The van der Waals surface area contributed by atoms with Crippen molar-refractivity contribution in [2.75, 3.05) is 6.61 Å². The molecule has 0 aromatic carbocycles. The summed E-state index contributed by atoms with van der Waals surface area (Å²) in [6.07, 6.45) is -1.56. The van der Waals surface area contributed by atoms with E-state index in [4.69, 9.17) is 10.00 Å². The van der Waals surface area contributed by atoms with Crippen LogP contribution in [0.3, 0.4) is 0 Å². The number of carbonyl (C=O) groups is 1. The monoisotopic (exact) mass is 185 g/mol. The lowest BCUT2D eigenvalue weighted by atomic mass is 9.90. The van der Waals surface area contributed by atoms with E-state index in [1.807, 2.05) is 26.8 Å². The van der Waals surface area contributed by atoms with E-state index in [-0.39, 0.29) is 12.0 Å². The van der Waals surface area contributed by atoms with E-state index in [0.717, 1.165) is 0 Å². The van der Waals surface area contributed by atoms with Crippen molar-refractivity contribution in [1.29, 1.82) is 5.26 Å². The SMILES string of the molecule is CCOC(=O)O[C@H](C#N)C(C)(C)C. The van der Waals surface area contributed by atoms with Crippen LogP contribution in [-0.2, 0) is 9.47 Å². The van der Waals surface area contributed by atoms with Gasteiger partial charge in [-0.25, -0.2) is 4.79 Å². The van der Waals surface area contributed by atoms with Crippen molar-refractivity contribution in [3.63, 3.8) is 0 Å². The highest BCUT2D eigenvalue weighted by Gasteiger charge is 2.28. The van der Waals surface area contributed by atoms with Gasteiger partial charge in [-0.2, -0.15) is 5.26 Å². The molecule has 0 rings (SSSR count). The summed E-state index contributed by atoms with van der Waals surface area (Å²) in [5.74, 6) is 0. The zero-order valence-corrected chi connectivity index (χ0v) is 8.46. The Morgan fingerprint density at radius 1 is 1.54 bits per heavy atom. The Hall–Kier alpha value is -1.24. The van der Waals surface area contributed by atoms with Crippen LogP contribution in [0.25, 0.3) is 0 Å². The normalized spacial score (nSPS) is 12.8. The van der Waals surface area contributed by atoms with Crippen molar-refractivity contribution >= 4 is 6.16 Å². The smallest absolute Gasteiger partial charge is 0.435 e. The van der Waals surface area contributed by atoms with Gasteiger partial charge in [-0.1, -0.05) is 20.8 Å². The molecule has 0 aliphatic carbocycles. The van der Waals surface area contributed by atoms with E-state index in [9.17, 15) is 4.79 Å². The lowest BCUT2D eigenvalue weighted by Crippen LogP contribution is -2.30. The molecular formula is C9H15NO3. The summed E-state index contributed by atoms with van der Waals surface area (Å²) in [5.41, 5.74) is -0.387. The van der Waals surface area contributed by atoms with Crippen LogP contribution in [0.4, 0.5) is 4.79 Å². The first kappa shape index (κ1) is 11.8. The summed E-state index contributed by atoms with van der Waals surface area (Å²) in [5, 5.41) is 8.70. The molecule has 0 heterocycles. The molecular weight excluding hydrogens is 170 g/mol. The topological polar surface area (TPSA) is 59.3 Å². The summed E-state index contributed by atoms with van der Waals surface area (Å²) in [4.78, 5) is 10.9. The summed E-state index contributed by atoms with van der Waals surface area (Å²) in [6.45, 7) is 7.39. The van der Waals surface area contributed by atoms with Crippen LogP contribution in [0.1, 0.15) is 27.7 Å². The van der Waals surface area contributed by atoms with Gasteiger partial charge in [0.15, 0.2) is 6.10 Å². The molecule has 0 spiro atoms. The highest BCUT2D eigenvalue weighted by atomic mass is 16.7. The van der Waals surface area contributed by atoms with Crippen molar-refractivity contribution in [3.05, 3.63) is 0 Å². The molecule has 0 aliphatic rings. The van der Waals surface area contributed by atoms with Crippen LogP contribution in [0.15, 0.2) is 0 Å². The Morgan fingerprint density at radius 2 is 2.08 bits per heavy atom. The molecule has 4 nitrogen and oxygen atoms in total. The van der Waals surface area contributed by atoms with E-state index in [1.54, 1.807) is 6.92 Å². The lowest BCUT2D eigenvalue weighted by Gasteiger charge is -2.23. The van der Waals surface area contributed by atoms with Crippen molar-refractivity contribution < 1.29 is 14.3 Å². The van der Waals surface area contributed by atoms with Gasteiger partial charge in [0.2, 0.25) is 0 Å². The molecule has 0 aliphatic heterocycles. The second-order valence-corrected chi connectivity index (χ2v) is 3.68. The van der Waals surface area contributed by atoms with E-state index in [1.165, 1.54) is 0 Å². The first-order chi connectivity index (χ1) is 5.91. The van der Waals surface area contributed by atoms with Gasteiger partial charge >= 0.3 is 6.16 Å². The molecule has 0 saturated heterocycles. The highest BCUT2D eigenvalue weighted by Crippen LogP contribution is 2.21. The minimum absolute atomic E-state index is 0.251. The minimum Gasteiger partial charge on any atom is -0.435 e. The van der Waals surface area contributed by atoms with Crippen molar-refractivity contribution in [2.45, 2.75) is 33.8 Å². The van der Waals surface area contributed by atoms with Crippen LogP contribution in [-0.4, -0.2) is 18.9 Å². The Bertz CT molecular complexity index is 212. The van der Waals surface area contributed by atoms with E-state index in [0.29, 0.717) is 0 Å². The zero-order valence-electron chi connectivity index (χ0n) is 8.46. The van der Waals surface area contributed by atoms with Crippen LogP contribution >= 0.6 is 0 Å². The number of nitriles is 1. The predicted octanol–water partition coefficient (Wildman–Crippen LogP) is 2.10. The second kappa shape index (κ2) is 4.70. The largest absolute Gasteiger partial charge is 0.509 e. The average Bonchev–Trinajstić information content (AvgIpc) is 1.98. The number of carbonyl (C=O) groups excluding carboxylic acids is 1. The molecule has 74 valence electrons. The van der Waals surface area contributed by atoms with Gasteiger partial charge in [0.05, 0.1) is 6.61 Å². The van der Waals surface area contributed by atoms with Crippen molar-refractivity contribution in [1.82, 2.24) is 0 Å². The van der Waals surface area contributed by atoms with Gasteiger partial charge in [0.25, 0.3) is 0 Å². The first-order valence-electron chi connectivity index (χ1n) is 4.14. The molecule has 0 aromatic heterocycles. The van der Waals surface area contributed by atoms with Gasteiger partial charge in [-0.3, -0.25) is 0 Å². The molecule has 0 amide bonds. The fourth-order valence-electron chi connectivity index (χ4n) is 0.645. The maximum Gasteiger partial charge on any atom is 0.509 e. The molecule has 0 fully saturated rings. The van der Waals surface area contributed by atoms with Gasteiger partial charge < -0.3 is 9.47 Å². The molecule has 0 bridgehead atoms. The summed E-state index contributed by atoms with van der Waals surface area (Å²) >= 11 is 0. The molecule has 0 aromatic rings. The first-order valence-corrected chi connectivity index (χ1v) is 4.14. The number of rotatable bonds is 2. The standard InChI is InChI=1S/C9H15NO3/c1-5-12-8(11)13-7(6-10)9(2,3)4/h7H,5H2,1-4H3/t7-/m1/s1. The Labute approximate surface area is 78.4 Å². The molecule has 0 saturated carbocycles. The lowest BCUT2D eigenvalue weighted by molar-refractivity contribution is 0.00907. The molecule has 1 atom stereocenters. The third kappa shape index (κ3) is 4.36. The van der Waals surface area contributed by atoms with Gasteiger partial charge in [0, 0.05) is 5.41 Å². The van der Waals surface area contributed by atoms with Crippen molar-refractivity contribution in [2.24, 2.45) is 5.41 Å². The fraction of sp³-hybridized carbons (Fsp3) is 0.778. The van der Waals surface area contributed by atoms with Crippen LogP contribution in [0, 0.1) is 16.7 Å². The summed E-state index contributed by atoms with van der Waals surface area (Å²) in [7, 11) is 0. The third-order valence-corrected chi connectivity index (χ3v) is 1.38.